The Bertz CT molecular complexity index is 1230. The van der Waals surface area contributed by atoms with E-state index in [0.29, 0.717) is 19.4 Å². The predicted molar refractivity (Wildman–Crippen MR) is 333 cm³/mol. The van der Waals surface area contributed by atoms with E-state index < -0.39 is 12.1 Å². The number of hydrogen-bond donors (Lipinski definition) is 3. The molecule has 0 spiro atoms. The number of carbonyl (C=O) groups excluding carboxylic acids is 2. The fraction of sp³-hybridized carbons (Fsp3) is 0.886. The van der Waals surface area contributed by atoms with E-state index in [-0.39, 0.29) is 18.5 Å². The Hall–Kier alpha value is -1.92. The van der Waals surface area contributed by atoms with Gasteiger partial charge >= 0.3 is 5.97 Å². The van der Waals surface area contributed by atoms with Gasteiger partial charge in [-0.05, 0) is 64.2 Å². The maximum atomic E-state index is 12.5. The molecular weight excluding hydrogens is 935 g/mol. The highest BCUT2D eigenvalue weighted by molar-refractivity contribution is 5.76. The molecule has 0 saturated heterocycles. The van der Waals surface area contributed by atoms with Crippen molar-refractivity contribution in [2.45, 2.75) is 386 Å². The SMILES string of the molecule is CCCCCC/C=C\C/C=C\CCCCCCCCCC(=O)OCCCCCCCCCCCCCCCCCCCCCCCCC(=O)NC(CO)C(O)/C=C/CCCCCCCCCCCCCCCCCCC. The van der Waals surface area contributed by atoms with Crippen molar-refractivity contribution >= 4 is 11.9 Å². The lowest BCUT2D eigenvalue weighted by atomic mass is 10.0. The van der Waals surface area contributed by atoms with E-state index >= 15 is 0 Å². The Balaban J connectivity index is 3.40. The first-order chi connectivity index (χ1) is 37.5. The summed E-state index contributed by atoms with van der Waals surface area (Å²) in [6, 6.07) is -0.629. The van der Waals surface area contributed by atoms with E-state index in [2.05, 4.69) is 43.5 Å². The highest BCUT2D eigenvalue weighted by atomic mass is 16.5. The first-order valence-electron chi connectivity index (χ1n) is 34.3. The van der Waals surface area contributed by atoms with E-state index in [1.165, 1.54) is 295 Å². The number of unbranched alkanes of at least 4 members (excludes halogenated alkanes) is 49. The van der Waals surface area contributed by atoms with Crippen molar-refractivity contribution < 1.29 is 24.5 Å². The van der Waals surface area contributed by atoms with Crippen LogP contribution in [-0.4, -0.2) is 47.4 Å². The molecule has 0 fully saturated rings. The standard InChI is InChI=1S/C70H133NO5/c1-3-5-7-9-11-13-15-17-19-21-27-30-34-38-42-46-50-54-58-62-68(73)67(66-72)71-69(74)63-59-55-51-47-43-39-35-31-28-25-23-24-26-29-33-37-41-45-49-53-57-61-65-76-70(75)64-60-56-52-48-44-40-36-32-22-20-18-16-14-12-10-8-6-4-2/h14,16,20,22,58,62,67-68,72-73H,3-13,15,17-19,21,23-57,59-61,63-66H2,1-2H3,(H,71,74)/b16-14-,22-20-,62-58+. The van der Waals surface area contributed by atoms with Crippen LogP contribution in [0.4, 0.5) is 0 Å². The minimum Gasteiger partial charge on any atom is -0.466 e. The number of ether oxygens (including phenoxy) is 1. The van der Waals surface area contributed by atoms with E-state index in [1.54, 1.807) is 6.08 Å². The van der Waals surface area contributed by atoms with Gasteiger partial charge in [0, 0.05) is 12.8 Å². The second-order valence-electron chi connectivity index (χ2n) is 23.5. The summed E-state index contributed by atoms with van der Waals surface area (Å²) >= 11 is 0. The minimum atomic E-state index is -0.846. The normalized spacial score (nSPS) is 12.7. The Morgan fingerprint density at radius 3 is 1.01 bits per heavy atom. The van der Waals surface area contributed by atoms with Crippen LogP contribution >= 0.6 is 0 Å². The van der Waals surface area contributed by atoms with Gasteiger partial charge in [-0.25, -0.2) is 0 Å². The molecule has 0 rings (SSSR count). The molecule has 76 heavy (non-hydrogen) atoms. The number of nitrogens with one attached hydrogen (secondary N) is 1. The molecule has 3 N–H and O–H groups in total. The summed E-state index contributed by atoms with van der Waals surface area (Å²) in [4.78, 5) is 24.6. The van der Waals surface area contributed by atoms with Crippen molar-refractivity contribution in [2.24, 2.45) is 0 Å². The number of rotatable bonds is 64. The Morgan fingerprint density at radius 2 is 0.658 bits per heavy atom. The van der Waals surface area contributed by atoms with Gasteiger partial charge in [0.15, 0.2) is 0 Å². The highest BCUT2D eigenvalue weighted by Gasteiger charge is 2.18. The molecule has 0 aromatic carbocycles. The molecule has 2 unspecified atom stereocenters. The summed E-state index contributed by atoms with van der Waals surface area (Å²) in [5.74, 6) is -0.0594. The maximum absolute atomic E-state index is 12.5. The molecular formula is C70H133NO5. The van der Waals surface area contributed by atoms with Crippen LogP contribution < -0.4 is 5.32 Å². The molecule has 6 heteroatoms. The smallest absolute Gasteiger partial charge is 0.305 e. The van der Waals surface area contributed by atoms with Gasteiger partial charge in [0.25, 0.3) is 0 Å². The third-order valence-electron chi connectivity index (χ3n) is 15.9. The molecule has 0 aliphatic rings. The van der Waals surface area contributed by atoms with Crippen LogP contribution in [0.3, 0.4) is 0 Å². The van der Waals surface area contributed by atoms with Crippen LogP contribution in [0.5, 0.6) is 0 Å². The van der Waals surface area contributed by atoms with Gasteiger partial charge in [-0.2, -0.15) is 0 Å². The summed E-state index contributed by atoms with van der Waals surface area (Å²) in [6.45, 7) is 4.91. The zero-order chi connectivity index (χ0) is 55.0. The Morgan fingerprint density at radius 1 is 0.368 bits per heavy atom. The molecule has 448 valence electrons. The molecule has 0 radical (unpaired) electrons. The summed E-state index contributed by atoms with van der Waals surface area (Å²) in [5.41, 5.74) is 0. The van der Waals surface area contributed by atoms with E-state index in [1.807, 2.05) is 6.08 Å². The van der Waals surface area contributed by atoms with Crippen molar-refractivity contribution in [3.05, 3.63) is 36.5 Å². The third kappa shape index (κ3) is 61.3. The zero-order valence-electron chi connectivity index (χ0n) is 51.3. The first kappa shape index (κ1) is 74.1. The number of hydrogen-bond acceptors (Lipinski definition) is 5. The van der Waals surface area contributed by atoms with Crippen LogP contribution in [0.15, 0.2) is 36.5 Å². The lowest BCUT2D eigenvalue weighted by molar-refractivity contribution is -0.143. The van der Waals surface area contributed by atoms with Gasteiger partial charge in [-0.15, -0.1) is 0 Å². The third-order valence-corrected chi connectivity index (χ3v) is 15.9. The average Bonchev–Trinajstić information content (AvgIpc) is 3.42. The second kappa shape index (κ2) is 65.6. The second-order valence-corrected chi connectivity index (χ2v) is 23.5. The summed E-state index contributed by atoms with van der Waals surface area (Å²) < 4.78 is 5.50. The summed E-state index contributed by atoms with van der Waals surface area (Å²) in [7, 11) is 0. The van der Waals surface area contributed by atoms with Crippen molar-refractivity contribution in [1.29, 1.82) is 0 Å². The van der Waals surface area contributed by atoms with E-state index in [9.17, 15) is 19.8 Å². The predicted octanol–water partition coefficient (Wildman–Crippen LogP) is 21.9. The van der Waals surface area contributed by atoms with Gasteiger partial charge in [-0.3, -0.25) is 9.59 Å². The molecule has 2 atom stereocenters. The van der Waals surface area contributed by atoms with Crippen molar-refractivity contribution in [3.63, 3.8) is 0 Å². The molecule has 6 nitrogen and oxygen atoms in total. The van der Waals surface area contributed by atoms with Crippen LogP contribution in [0.2, 0.25) is 0 Å². The number of allylic oxidation sites excluding steroid dienone is 5. The van der Waals surface area contributed by atoms with Crippen molar-refractivity contribution in [1.82, 2.24) is 5.32 Å². The highest BCUT2D eigenvalue weighted by Crippen LogP contribution is 2.18. The van der Waals surface area contributed by atoms with Crippen molar-refractivity contribution in [3.8, 4) is 0 Å². The Labute approximate surface area is 474 Å². The number of aliphatic hydroxyl groups excluding tert-OH is 2. The lowest BCUT2D eigenvalue weighted by Gasteiger charge is -2.20. The van der Waals surface area contributed by atoms with Crippen molar-refractivity contribution in [2.75, 3.05) is 13.2 Å². The lowest BCUT2D eigenvalue weighted by Crippen LogP contribution is -2.45. The molecule has 0 aliphatic carbocycles. The van der Waals surface area contributed by atoms with Gasteiger partial charge < -0.3 is 20.3 Å². The average molecular weight is 1070 g/mol. The summed E-state index contributed by atoms with van der Waals surface area (Å²) in [6.07, 6.45) is 83.4. The maximum Gasteiger partial charge on any atom is 0.305 e. The van der Waals surface area contributed by atoms with Crippen LogP contribution in [0.25, 0.3) is 0 Å². The number of esters is 1. The number of amides is 1. The molecule has 1 amide bonds. The van der Waals surface area contributed by atoms with Crippen LogP contribution in [0, 0.1) is 0 Å². The van der Waals surface area contributed by atoms with E-state index in [0.717, 1.165) is 51.4 Å². The van der Waals surface area contributed by atoms with E-state index in [4.69, 9.17) is 4.74 Å². The quantitative estimate of drug-likeness (QED) is 0.0320. The largest absolute Gasteiger partial charge is 0.466 e. The molecule has 0 heterocycles. The van der Waals surface area contributed by atoms with Gasteiger partial charge in [0.2, 0.25) is 5.91 Å². The molecule has 0 saturated carbocycles. The molecule has 0 aromatic rings. The number of carbonyl (C=O) groups is 2. The fourth-order valence-electron chi connectivity index (χ4n) is 10.7. The fourth-order valence-corrected chi connectivity index (χ4v) is 10.7. The van der Waals surface area contributed by atoms with Gasteiger partial charge in [0.05, 0.1) is 25.4 Å². The monoisotopic (exact) mass is 1070 g/mol. The molecule has 0 aliphatic heterocycles. The van der Waals surface area contributed by atoms with Gasteiger partial charge in [-0.1, -0.05) is 333 Å². The zero-order valence-corrected chi connectivity index (χ0v) is 51.3. The molecule has 0 aromatic heterocycles. The topological polar surface area (TPSA) is 95.9 Å². The minimum absolute atomic E-state index is 0.00586. The molecule has 0 bridgehead atoms. The summed E-state index contributed by atoms with van der Waals surface area (Å²) in [5, 5.41) is 23.2. The van der Waals surface area contributed by atoms with Crippen LogP contribution in [0.1, 0.15) is 373 Å². The number of aliphatic hydroxyl groups is 2. The van der Waals surface area contributed by atoms with Gasteiger partial charge in [0.1, 0.15) is 0 Å². The Kier molecular flexibility index (Phi) is 63.9. The van der Waals surface area contributed by atoms with Crippen LogP contribution in [-0.2, 0) is 14.3 Å². The first-order valence-corrected chi connectivity index (χ1v) is 34.3.